The topological polar surface area (TPSA) is 58.6 Å². The average molecular weight is 292 g/mol. The van der Waals surface area contributed by atoms with Crippen molar-refractivity contribution in [1.29, 1.82) is 0 Å². The van der Waals surface area contributed by atoms with E-state index in [1.165, 1.54) is 11.8 Å². The summed E-state index contributed by atoms with van der Waals surface area (Å²) in [5, 5.41) is 2.99. The van der Waals surface area contributed by atoms with Crippen LogP contribution < -0.4 is 10.1 Å². The van der Waals surface area contributed by atoms with Crippen LogP contribution in [0.2, 0.25) is 0 Å². The maximum absolute atomic E-state index is 12.1. The molecule has 0 aromatic heterocycles. The highest BCUT2D eigenvalue weighted by Gasteiger charge is 2.26. The Morgan fingerprint density at radius 2 is 2.30 bits per heavy atom. The molecule has 3 rings (SSSR count). The smallest absolute Gasteiger partial charge is 0.282 e. The highest BCUT2D eigenvalue weighted by atomic mass is 32.2. The molecule has 1 N–H and O–H groups in total. The normalized spacial score (nSPS) is 21.3. The van der Waals surface area contributed by atoms with Gasteiger partial charge in [-0.3, -0.25) is 9.59 Å². The summed E-state index contributed by atoms with van der Waals surface area (Å²) in [6.45, 7) is 1.40. The Kier molecular flexibility index (Phi) is 3.82. The van der Waals surface area contributed by atoms with E-state index in [0.717, 1.165) is 23.5 Å². The number of hydrogen-bond acceptors (Lipinski definition) is 4. The zero-order valence-electron chi connectivity index (χ0n) is 11.0. The highest BCUT2D eigenvalue weighted by molar-refractivity contribution is 8.13. The summed E-state index contributed by atoms with van der Waals surface area (Å²) < 4.78 is 5.57. The molecular formula is C14H16N2O3S. The number of nitrogens with zero attached hydrogens (tertiary/aromatic N) is 1. The van der Waals surface area contributed by atoms with Gasteiger partial charge in [0.15, 0.2) is 0 Å². The second kappa shape index (κ2) is 5.75. The SMILES string of the molecule is O=C(CN1CCSC1=O)N[C@H]1CCOc2ccccc21. The molecule has 106 valence electrons. The molecule has 5 nitrogen and oxygen atoms in total. The standard InChI is InChI=1S/C14H16N2O3S/c17-13(9-16-6-8-20-14(16)18)15-11-5-7-19-12-4-2-1-3-10(11)12/h1-4,11H,5-9H2,(H,15,17)/t11-/m0/s1. The van der Waals surface area contributed by atoms with Crippen molar-refractivity contribution in [2.24, 2.45) is 0 Å². The monoisotopic (exact) mass is 292 g/mol. The quantitative estimate of drug-likeness (QED) is 0.923. The highest BCUT2D eigenvalue weighted by Crippen LogP contribution is 2.31. The number of carbonyl (C=O) groups excluding carboxylic acids is 2. The Morgan fingerprint density at radius 3 is 3.10 bits per heavy atom. The first-order valence-corrected chi connectivity index (χ1v) is 7.65. The van der Waals surface area contributed by atoms with Crippen molar-refractivity contribution in [3.63, 3.8) is 0 Å². The predicted molar refractivity (Wildman–Crippen MR) is 76.9 cm³/mol. The van der Waals surface area contributed by atoms with Crippen LogP contribution in [-0.2, 0) is 4.79 Å². The summed E-state index contributed by atoms with van der Waals surface area (Å²) in [7, 11) is 0. The molecule has 2 heterocycles. The molecule has 0 saturated carbocycles. The Hall–Kier alpha value is -1.69. The molecule has 2 aliphatic rings. The Morgan fingerprint density at radius 1 is 1.45 bits per heavy atom. The molecule has 0 spiro atoms. The van der Waals surface area contributed by atoms with E-state index in [2.05, 4.69) is 5.32 Å². The summed E-state index contributed by atoms with van der Waals surface area (Å²) in [6, 6.07) is 7.71. The summed E-state index contributed by atoms with van der Waals surface area (Å²) in [6.07, 6.45) is 0.755. The van der Waals surface area contributed by atoms with Gasteiger partial charge in [-0.2, -0.15) is 0 Å². The summed E-state index contributed by atoms with van der Waals surface area (Å²) in [5.41, 5.74) is 1.01. The first-order chi connectivity index (χ1) is 9.74. The molecule has 0 radical (unpaired) electrons. The lowest BCUT2D eigenvalue weighted by atomic mass is 10.0. The van der Waals surface area contributed by atoms with Gasteiger partial charge in [-0.1, -0.05) is 30.0 Å². The molecule has 1 aromatic rings. The largest absolute Gasteiger partial charge is 0.493 e. The molecule has 20 heavy (non-hydrogen) atoms. The minimum atomic E-state index is -0.109. The number of benzene rings is 1. The molecule has 1 atom stereocenters. The van der Waals surface area contributed by atoms with Crippen LogP contribution in [0.15, 0.2) is 24.3 Å². The lowest BCUT2D eigenvalue weighted by molar-refractivity contribution is -0.122. The van der Waals surface area contributed by atoms with Crippen LogP contribution in [0, 0.1) is 0 Å². The van der Waals surface area contributed by atoms with Crippen LogP contribution in [0.3, 0.4) is 0 Å². The van der Waals surface area contributed by atoms with Gasteiger partial charge in [0.2, 0.25) is 5.91 Å². The predicted octanol–water partition coefficient (Wildman–Crippen LogP) is 1.80. The van der Waals surface area contributed by atoms with E-state index >= 15 is 0 Å². The van der Waals surface area contributed by atoms with E-state index < -0.39 is 0 Å². The van der Waals surface area contributed by atoms with Crippen LogP contribution >= 0.6 is 11.8 Å². The number of thioether (sulfide) groups is 1. The van der Waals surface area contributed by atoms with Crippen molar-refractivity contribution >= 4 is 22.9 Å². The molecule has 1 aromatic carbocycles. The molecule has 0 unspecified atom stereocenters. The van der Waals surface area contributed by atoms with Gasteiger partial charge < -0.3 is 15.0 Å². The summed E-state index contributed by atoms with van der Waals surface area (Å²) in [5.74, 6) is 1.49. The average Bonchev–Trinajstić information content (AvgIpc) is 2.85. The summed E-state index contributed by atoms with van der Waals surface area (Å²) >= 11 is 1.27. The van der Waals surface area contributed by atoms with Crippen molar-refractivity contribution in [3.8, 4) is 5.75 Å². The number of nitrogens with one attached hydrogen (secondary N) is 1. The minimum Gasteiger partial charge on any atom is -0.493 e. The van der Waals surface area contributed by atoms with E-state index in [1.54, 1.807) is 4.90 Å². The molecule has 6 heteroatoms. The first-order valence-electron chi connectivity index (χ1n) is 6.67. The van der Waals surface area contributed by atoms with Crippen LogP contribution in [0.5, 0.6) is 5.75 Å². The maximum atomic E-state index is 12.1. The van der Waals surface area contributed by atoms with Crippen LogP contribution in [0.1, 0.15) is 18.0 Å². The van der Waals surface area contributed by atoms with Gasteiger partial charge in [-0.25, -0.2) is 0 Å². The van der Waals surface area contributed by atoms with Gasteiger partial charge in [-0.05, 0) is 6.07 Å². The van der Waals surface area contributed by atoms with E-state index in [-0.39, 0.29) is 23.7 Å². The third-order valence-electron chi connectivity index (χ3n) is 3.47. The lowest BCUT2D eigenvalue weighted by Gasteiger charge is -2.27. The number of para-hydroxylation sites is 1. The van der Waals surface area contributed by atoms with Gasteiger partial charge >= 0.3 is 0 Å². The van der Waals surface area contributed by atoms with Crippen LogP contribution in [0.25, 0.3) is 0 Å². The van der Waals surface area contributed by atoms with E-state index in [0.29, 0.717) is 13.2 Å². The molecule has 2 amide bonds. The fourth-order valence-electron chi connectivity index (χ4n) is 2.47. The Bertz CT molecular complexity index is 535. The van der Waals surface area contributed by atoms with Gasteiger partial charge in [0.25, 0.3) is 5.24 Å². The van der Waals surface area contributed by atoms with E-state index in [9.17, 15) is 9.59 Å². The van der Waals surface area contributed by atoms with Crippen LogP contribution in [-0.4, -0.2) is 41.5 Å². The first kappa shape index (κ1) is 13.3. The number of ether oxygens (including phenoxy) is 1. The maximum Gasteiger partial charge on any atom is 0.282 e. The van der Waals surface area contributed by atoms with Gasteiger partial charge in [0.05, 0.1) is 12.6 Å². The molecule has 0 bridgehead atoms. The van der Waals surface area contributed by atoms with Crippen molar-refractivity contribution in [2.45, 2.75) is 12.5 Å². The lowest BCUT2D eigenvalue weighted by Crippen LogP contribution is -2.40. The van der Waals surface area contributed by atoms with Crippen molar-refractivity contribution in [3.05, 3.63) is 29.8 Å². The molecule has 0 aliphatic carbocycles. The number of amides is 2. The second-order valence-corrected chi connectivity index (χ2v) is 5.88. The van der Waals surface area contributed by atoms with E-state index in [1.807, 2.05) is 24.3 Å². The second-order valence-electron chi connectivity index (χ2n) is 4.83. The number of rotatable bonds is 3. The number of carbonyl (C=O) groups is 2. The van der Waals surface area contributed by atoms with Gasteiger partial charge in [0.1, 0.15) is 12.3 Å². The molecule has 2 aliphatic heterocycles. The molecule has 1 saturated heterocycles. The summed E-state index contributed by atoms with van der Waals surface area (Å²) in [4.78, 5) is 25.1. The molecular weight excluding hydrogens is 276 g/mol. The fourth-order valence-corrected chi connectivity index (χ4v) is 3.30. The van der Waals surface area contributed by atoms with Crippen molar-refractivity contribution in [1.82, 2.24) is 10.2 Å². The zero-order valence-corrected chi connectivity index (χ0v) is 11.8. The third-order valence-corrected chi connectivity index (χ3v) is 4.36. The Balaban J connectivity index is 1.63. The minimum absolute atomic E-state index is 0.00692. The Labute approximate surface area is 121 Å². The fraction of sp³-hybridized carbons (Fsp3) is 0.429. The number of hydrogen-bond donors (Lipinski definition) is 1. The van der Waals surface area contributed by atoms with Crippen molar-refractivity contribution < 1.29 is 14.3 Å². The van der Waals surface area contributed by atoms with Crippen LogP contribution in [0.4, 0.5) is 4.79 Å². The number of fused-ring (bicyclic) bond motifs is 1. The van der Waals surface area contributed by atoms with Crippen molar-refractivity contribution in [2.75, 3.05) is 25.4 Å². The van der Waals surface area contributed by atoms with Gasteiger partial charge in [0, 0.05) is 24.3 Å². The van der Waals surface area contributed by atoms with Gasteiger partial charge in [-0.15, -0.1) is 0 Å². The van der Waals surface area contributed by atoms with E-state index in [4.69, 9.17) is 4.74 Å². The molecule has 1 fully saturated rings. The zero-order chi connectivity index (χ0) is 13.9. The third kappa shape index (κ3) is 2.75.